The highest BCUT2D eigenvalue weighted by Gasteiger charge is 2.21. The van der Waals surface area contributed by atoms with Gasteiger partial charge in [0.15, 0.2) is 5.96 Å². The fraction of sp³-hybridized carbons (Fsp3) is 0.562. The number of para-hydroxylation sites is 1. The quantitative estimate of drug-likeness (QED) is 0.648. The second-order valence-electron chi connectivity index (χ2n) is 5.14. The summed E-state index contributed by atoms with van der Waals surface area (Å²) in [6, 6.07) is 8.49. The molecule has 1 heterocycles. The second kappa shape index (κ2) is 8.17. The molecule has 0 radical (unpaired) electrons. The number of nitrogens with one attached hydrogen (secondary N) is 2. The highest BCUT2D eigenvalue weighted by Crippen LogP contribution is 2.31. The lowest BCUT2D eigenvalue weighted by molar-refractivity contribution is 0.261. The molecule has 2 rings (SSSR count). The van der Waals surface area contributed by atoms with Crippen molar-refractivity contribution in [2.75, 3.05) is 26.0 Å². The van der Waals surface area contributed by atoms with Gasteiger partial charge in [-0.05, 0) is 19.2 Å². The molecular weight excluding hydrogens is 282 g/mol. The molecular formula is C16H25N3OS. The third-order valence-corrected chi connectivity index (χ3v) is 4.48. The highest BCUT2D eigenvalue weighted by atomic mass is 32.2. The number of hydrogen-bond acceptors (Lipinski definition) is 3. The van der Waals surface area contributed by atoms with Crippen molar-refractivity contribution in [2.45, 2.75) is 31.6 Å². The van der Waals surface area contributed by atoms with E-state index in [1.165, 1.54) is 5.56 Å². The number of fused-ring (bicyclic) bond motifs is 1. The lowest BCUT2D eigenvalue weighted by Crippen LogP contribution is -2.41. The Hall–Kier alpha value is -1.36. The van der Waals surface area contributed by atoms with Crippen molar-refractivity contribution in [3.05, 3.63) is 29.8 Å². The normalized spacial score (nSPS) is 19.4. The van der Waals surface area contributed by atoms with Crippen molar-refractivity contribution in [1.82, 2.24) is 10.6 Å². The maximum absolute atomic E-state index is 5.71. The predicted octanol–water partition coefficient (Wildman–Crippen LogP) is 2.82. The maximum atomic E-state index is 5.71. The van der Waals surface area contributed by atoms with Crippen LogP contribution in [0.2, 0.25) is 0 Å². The maximum Gasteiger partial charge on any atom is 0.191 e. The Labute approximate surface area is 131 Å². The molecule has 0 saturated carbocycles. The van der Waals surface area contributed by atoms with Gasteiger partial charge in [0, 0.05) is 23.8 Å². The van der Waals surface area contributed by atoms with E-state index in [1.54, 1.807) is 0 Å². The zero-order chi connectivity index (χ0) is 15.1. The van der Waals surface area contributed by atoms with Crippen molar-refractivity contribution in [3.63, 3.8) is 0 Å². The third kappa shape index (κ3) is 4.56. The van der Waals surface area contributed by atoms with Gasteiger partial charge >= 0.3 is 0 Å². The summed E-state index contributed by atoms with van der Waals surface area (Å²) in [7, 11) is 0. The van der Waals surface area contributed by atoms with Crippen molar-refractivity contribution in [3.8, 4) is 5.75 Å². The predicted molar refractivity (Wildman–Crippen MR) is 91.4 cm³/mol. The van der Waals surface area contributed by atoms with Gasteiger partial charge in [0.1, 0.15) is 5.75 Å². The summed E-state index contributed by atoms with van der Waals surface area (Å²) in [5.41, 5.74) is 1.22. The van der Waals surface area contributed by atoms with Gasteiger partial charge in [-0.15, -0.1) is 0 Å². The standard InChI is InChI=1S/C16H25N3OS/c1-4-17-16(18-11-12(2)21-3)19-14-9-10-20-15-8-6-5-7-13(14)15/h5-8,12,14H,4,9-11H2,1-3H3,(H2,17,18,19). The molecule has 1 aliphatic rings. The summed E-state index contributed by atoms with van der Waals surface area (Å²) in [6.07, 6.45) is 3.08. The number of aliphatic imine (C=N–C) groups is 1. The molecule has 0 amide bonds. The molecule has 2 atom stereocenters. The van der Waals surface area contributed by atoms with Crippen molar-refractivity contribution >= 4 is 17.7 Å². The van der Waals surface area contributed by atoms with E-state index in [2.05, 4.69) is 47.9 Å². The van der Waals surface area contributed by atoms with Crippen LogP contribution in [0.25, 0.3) is 0 Å². The Morgan fingerprint density at radius 3 is 3.05 bits per heavy atom. The number of nitrogens with zero attached hydrogens (tertiary/aromatic N) is 1. The molecule has 0 aliphatic carbocycles. The first kappa shape index (κ1) is 16.0. The average Bonchev–Trinajstić information content (AvgIpc) is 2.52. The van der Waals surface area contributed by atoms with Crippen molar-refractivity contribution < 1.29 is 4.74 Å². The Balaban J connectivity index is 2.07. The SMILES string of the molecule is CCNC(=NCC(C)SC)NC1CCOc2ccccc21. The van der Waals surface area contributed by atoms with Crippen molar-refractivity contribution in [2.24, 2.45) is 4.99 Å². The van der Waals surface area contributed by atoms with Crippen molar-refractivity contribution in [1.29, 1.82) is 0 Å². The zero-order valence-corrected chi connectivity index (χ0v) is 13.9. The Morgan fingerprint density at radius 1 is 1.48 bits per heavy atom. The molecule has 0 spiro atoms. The summed E-state index contributed by atoms with van der Waals surface area (Å²) in [6.45, 7) is 6.72. The molecule has 0 saturated heterocycles. The van der Waals surface area contributed by atoms with Gasteiger partial charge < -0.3 is 15.4 Å². The molecule has 0 fully saturated rings. The second-order valence-corrected chi connectivity index (χ2v) is 6.41. The fourth-order valence-electron chi connectivity index (χ4n) is 2.27. The summed E-state index contributed by atoms with van der Waals surface area (Å²) >= 11 is 1.84. The molecule has 0 bridgehead atoms. The first-order valence-electron chi connectivity index (χ1n) is 7.54. The molecule has 1 aliphatic heterocycles. The minimum absolute atomic E-state index is 0.261. The Morgan fingerprint density at radius 2 is 2.29 bits per heavy atom. The molecule has 4 nitrogen and oxygen atoms in total. The van der Waals surface area contributed by atoms with E-state index in [0.717, 1.165) is 37.8 Å². The number of guanidine groups is 1. The average molecular weight is 307 g/mol. The van der Waals surface area contributed by atoms with Gasteiger partial charge in [0.2, 0.25) is 0 Å². The van der Waals surface area contributed by atoms with Crippen LogP contribution in [0.1, 0.15) is 31.9 Å². The largest absolute Gasteiger partial charge is 0.493 e. The van der Waals surface area contributed by atoms with Crippen LogP contribution >= 0.6 is 11.8 Å². The third-order valence-electron chi connectivity index (χ3n) is 3.52. The monoisotopic (exact) mass is 307 g/mol. The molecule has 2 unspecified atom stereocenters. The van der Waals surface area contributed by atoms with Gasteiger partial charge in [-0.2, -0.15) is 11.8 Å². The first-order valence-corrected chi connectivity index (χ1v) is 8.82. The molecule has 116 valence electrons. The highest BCUT2D eigenvalue weighted by molar-refractivity contribution is 7.99. The van der Waals surface area contributed by atoms with Gasteiger partial charge in [0.05, 0.1) is 19.2 Å². The van der Waals surface area contributed by atoms with Crippen LogP contribution < -0.4 is 15.4 Å². The first-order chi connectivity index (χ1) is 10.2. The molecule has 1 aromatic carbocycles. The van der Waals surface area contributed by atoms with Crippen LogP contribution in [-0.4, -0.2) is 37.2 Å². The zero-order valence-electron chi connectivity index (χ0n) is 13.1. The molecule has 21 heavy (non-hydrogen) atoms. The number of benzene rings is 1. The molecule has 5 heteroatoms. The van der Waals surface area contributed by atoms with E-state index in [1.807, 2.05) is 23.9 Å². The minimum Gasteiger partial charge on any atom is -0.493 e. The van der Waals surface area contributed by atoms with Gasteiger partial charge in [0.25, 0.3) is 0 Å². The lowest BCUT2D eigenvalue weighted by atomic mass is 10.0. The molecule has 1 aromatic rings. The van der Waals surface area contributed by atoms with E-state index >= 15 is 0 Å². The number of hydrogen-bond donors (Lipinski definition) is 2. The van der Waals surface area contributed by atoms with Crippen LogP contribution in [0, 0.1) is 0 Å². The number of ether oxygens (including phenoxy) is 1. The van der Waals surface area contributed by atoms with Gasteiger partial charge in [-0.25, -0.2) is 0 Å². The van der Waals surface area contributed by atoms with E-state index in [4.69, 9.17) is 4.74 Å². The summed E-state index contributed by atoms with van der Waals surface area (Å²) in [5.74, 6) is 1.87. The van der Waals surface area contributed by atoms with Gasteiger partial charge in [-0.3, -0.25) is 4.99 Å². The van der Waals surface area contributed by atoms with Crippen LogP contribution in [0.3, 0.4) is 0 Å². The van der Waals surface area contributed by atoms with E-state index in [-0.39, 0.29) is 6.04 Å². The summed E-state index contributed by atoms with van der Waals surface area (Å²) in [4.78, 5) is 4.68. The minimum atomic E-state index is 0.261. The van der Waals surface area contributed by atoms with E-state index < -0.39 is 0 Å². The van der Waals surface area contributed by atoms with Crippen LogP contribution in [0.15, 0.2) is 29.3 Å². The smallest absolute Gasteiger partial charge is 0.191 e. The van der Waals surface area contributed by atoms with Crippen LogP contribution in [0.4, 0.5) is 0 Å². The van der Waals surface area contributed by atoms with Gasteiger partial charge in [-0.1, -0.05) is 25.1 Å². The van der Waals surface area contributed by atoms with Crippen LogP contribution in [-0.2, 0) is 0 Å². The Kier molecular flexibility index (Phi) is 6.23. The topological polar surface area (TPSA) is 45.7 Å². The summed E-state index contributed by atoms with van der Waals surface area (Å²) < 4.78 is 5.71. The number of rotatable bonds is 5. The number of thioether (sulfide) groups is 1. The van der Waals surface area contributed by atoms with E-state index in [9.17, 15) is 0 Å². The lowest BCUT2D eigenvalue weighted by Gasteiger charge is -2.28. The van der Waals surface area contributed by atoms with Crippen LogP contribution in [0.5, 0.6) is 5.75 Å². The molecule has 2 N–H and O–H groups in total. The Bertz CT molecular complexity index is 478. The fourth-order valence-corrected chi connectivity index (χ4v) is 2.50. The molecule has 0 aromatic heterocycles. The summed E-state index contributed by atoms with van der Waals surface area (Å²) in [5, 5.41) is 7.40. The van der Waals surface area contributed by atoms with E-state index in [0.29, 0.717) is 5.25 Å².